The Morgan fingerprint density at radius 2 is 1.81 bits per heavy atom. The summed E-state index contributed by atoms with van der Waals surface area (Å²) >= 11 is 0. The molecule has 0 saturated carbocycles. The molecule has 1 aliphatic rings. The fraction of sp³-hybridized carbons (Fsp3) is 0.733. The first-order valence-corrected chi connectivity index (χ1v) is 6.77. The zero-order valence-corrected chi connectivity index (χ0v) is 11.1. The molecule has 0 radical (unpaired) electrons. The molecule has 1 rings (SSSR count). The summed E-state index contributed by atoms with van der Waals surface area (Å²) in [6.07, 6.45) is 11.7. The molecular formula is C15H26O. The van der Waals surface area contributed by atoms with E-state index >= 15 is 0 Å². The minimum Gasteiger partial charge on any atom is -0.385 e. The first-order valence-electron chi connectivity index (χ1n) is 6.77. The molecule has 0 amide bonds. The van der Waals surface area contributed by atoms with Crippen LogP contribution in [0.2, 0.25) is 0 Å². The van der Waals surface area contributed by atoms with Crippen molar-refractivity contribution in [3.8, 4) is 0 Å². The third kappa shape index (κ3) is 3.48. The van der Waals surface area contributed by atoms with E-state index in [-0.39, 0.29) is 0 Å². The van der Waals surface area contributed by atoms with E-state index < -0.39 is 5.60 Å². The van der Waals surface area contributed by atoms with Crippen molar-refractivity contribution < 1.29 is 5.11 Å². The van der Waals surface area contributed by atoms with Gasteiger partial charge in [0.15, 0.2) is 0 Å². The zero-order valence-electron chi connectivity index (χ0n) is 11.1. The molecule has 1 atom stereocenters. The number of hydrogen-bond donors (Lipinski definition) is 1. The predicted molar refractivity (Wildman–Crippen MR) is 70.5 cm³/mol. The Morgan fingerprint density at radius 3 is 2.38 bits per heavy atom. The van der Waals surface area contributed by atoms with Crippen LogP contribution in [-0.4, -0.2) is 10.7 Å². The van der Waals surface area contributed by atoms with Crippen molar-refractivity contribution >= 4 is 0 Å². The number of rotatable bonds is 6. The Labute approximate surface area is 100 Å². The number of aliphatic hydroxyl groups is 1. The summed E-state index contributed by atoms with van der Waals surface area (Å²) in [4.78, 5) is 0. The van der Waals surface area contributed by atoms with E-state index in [1.165, 1.54) is 24.0 Å². The summed E-state index contributed by atoms with van der Waals surface area (Å²) < 4.78 is 0. The minimum absolute atomic E-state index is 0.559. The fourth-order valence-electron chi connectivity index (χ4n) is 2.60. The molecular weight excluding hydrogens is 196 g/mol. The molecule has 1 aliphatic carbocycles. The van der Waals surface area contributed by atoms with Gasteiger partial charge in [0.2, 0.25) is 0 Å². The topological polar surface area (TPSA) is 20.2 Å². The van der Waals surface area contributed by atoms with E-state index in [1.807, 2.05) is 6.08 Å². The van der Waals surface area contributed by atoms with Crippen molar-refractivity contribution in [2.75, 3.05) is 0 Å². The Hall–Kier alpha value is -0.560. The van der Waals surface area contributed by atoms with Crippen molar-refractivity contribution in [3.63, 3.8) is 0 Å². The van der Waals surface area contributed by atoms with E-state index in [1.54, 1.807) is 0 Å². The number of hydrogen-bond acceptors (Lipinski definition) is 1. The molecule has 1 unspecified atom stereocenters. The lowest BCUT2D eigenvalue weighted by molar-refractivity contribution is 0.0781. The first-order chi connectivity index (χ1) is 7.65. The summed E-state index contributed by atoms with van der Waals surface area (Å²) in [6.45, 7) is 6.57. The standard InChI is InChI=1S/C15H26O/c1-4-7-13-9-11-15(16,10-6-3)12-14(13)8-5-2/h9,11,16H,4-8,10,12H2,1-3H3. The molecule has 0 fully saturated rings. The molecule has 0 aromatic carbocycles. The lowest BCUT2D eigenvalue weighted by Crippen LogP contribution is -2.28. The monoisotopic (exact) mass is 222 g/mol. The van der Waals surface area contributed by atoms with Gasteiger partial charge >= 0.3 is 0 Å². The maximum atomic E-state index is 10.4. The maximum Gasteiger partial charge on any atom is 0.0867 e. The van der Waals surface area contributed by atoms with Crippen molar-refractivity contribution in [2.45, 2.75) is 71.3 Å². The van der Waals surface area contributed by atoms with E-state index in [0.717, 1.165) is 32.1 Å². The largest absolute Gasteiger partial charge is 0.385 e. The van der Waals surface area contributed by atoms with E-state index in [9.17, 15) is 5.11 Å². The van der Waals surface area contributed by atoms with Crippen LogP contribution < -0.4 is 0 Å². The minimum atomic E-state index is -0.559. The van der Waals surface area contributed by atoms with Crippen molar-refractivity contribution in [3.05, 3.63) is 23.3 Å². The SMILES string of the molecule is CCCC1=C(CCC)CC(O)(CCC)C=C1. The molecule has 0 aromatic heterocycles. The molecule has 1 heteroatoms. The highest BCUT2D eigenvalue weighted by molar-refractivity contribution is 5.34. The van der Waals surface area contributed by atoms with Crippen LogP contribution in [0.5, 0.6) is 0 Å². The van der Waals surface area contributed by atoms with Gasteiger partial charge in [0.1, 0.15) is 0 Å². The summed E-state index contributed by atoms with van der Waals surface area (Å²) in [5.74, 6) is 0. The van der Waals surface area contributed by atoms with Crippen LogP contribution in [0.4, 0.5) is 0 Å². The highest BCUT2D eigenvalue weighted by atomic mass is 16.3. The van der Waals surface area contributed by atoms with Gasteiger partial charge in [-0.25, -0.2) is 0 Å². The molecule has 0 bridgehead atoms. The third-order valence-corrected chi connectivity index (χ3v) is 3.32. The summed E-state index contributed by atoms with van der Waals surface area (Å²) in [5.41, 5.74) is 2.41. The number of allylic oxidation sites excluding steroid dienone is 2. The van der Waals surface area contributed by atoms with Gasteiger partial charge in [-0.15, -0.1) is 0 Å². The van der Waals surface area contributed by atoms with Gasteiger partial charge in [-0.05, 0) is 24.8 Å². The Kier molecular flexibility index (Phi) is 5.27. The van der Waals surface area contributed by atoms with Gasteiger partial charge in [-0.3, -0.25) is 0 Å². The smallest absolute Gasteiger partial charge is 0.0867 e. The first kappa shape index (κ1) is 13.5. The van der Waals surface area contributed by atoms with Crippen LogP contribution in [0.25, 0.3) is 0 Å². The van der Waals surface area contributed by atoms with E-state index in [2.05, 4.69) is 26.8 Å². The van der Waals surface area contributed by atoms with Crippen LogP contribution in [0.1, 0.15) is 65.7 Å². The van der Waals surface area contributed by atoms with Gasteiger partial charge in [0, 0.05) is 6.42 Å². The van der Waals surface area contributed by atoms with Crippen LogP contribution in [0.3, 0.4) is 0 Å². The molecule has 16 heavy (non-hydrogen) atoms. The highest BCUT2D eigenvalue weighted by Crippen LogP contribution is 2.34. The molecule has 0 spiro atoms. The summed E-state index contributed by atoms with van der Waals surface area (Å²) in [5, 5.41) is 10.4. The molecule has 0 saturated heterocycles. The van der Waals surface area contributed by atoms with E-state index in [0.29, 0.717) is 0 Å². The second kappa shape index (κ2) is 6.24. The second-order valence-corrected chi connectivity index (χ2v) is 4.99. The van der Waals surface area contributed by atoms with E-state index in [4.69, 9.17) is 0 Å². The molecule has 92 valence electrons. The van der Waals surface area contributed by atoms with Crippen molar-refractivity contribution in [1.82, 2.24) is 0 Å². The Balaban J connectivity index is 2.79. The Morgan fingerprint density at radius 1 is 1.12 bits per heavy atom. The van der Waals surface area contributed by atoms with Crippen LogP contribution >= 0.6 is 0 Å². The quantitative estimate of drug-likeness (QED) is 0.707. The highest BCUT2D eigenvalue weighted by Gasteiger charge is 2.27. The van der Waals surface area contributed by atoms with Crippen molar-refractivity contribution in [1.29, 1.82) is 0 Å². The molecule has 1 nitrogen and oxygen atoms in total. The predicted octanol–water partition coefficient (Wildman–Crippen LogP) is 4.37. The normalized spacial score (nSPS) is 25.2. The van der Waals surface area contributed by atoms with Gasteiger partial charge in [-0.1, -0.05) is 57.8 Å². The van der Waals surface area contributed by atoms with Gasteiger partial charge in [0.05, 0.1) is 5.60 Å². The molecule has 0 aliphatic heterocycles. The average molecular weight is 222 g/mol. The maximum absolute atomic E-state index is 10.4. The van der Waals surface area contributed by atoms with Crippen LogP contribution in [-0.2, 0) is 0 Å². The van der Waals surface area contributed by atoms with Gasteiger partial charge in [-0.2, -0.15) is 0 Å². The lowest BCUT2D eigenvalue weighted by atomic mass is 9.80. The zero-order chi connectivity index (χ0) is 12.0. The Bertz CT molecular complexity index is 275. The van der Waals surface area contributed by atoms with Crippen LogP contribution in [0, 0.1) is 0 Å². The van der Waals surface area contributed by atoms with Gasteiger partial charge in [0.25, 0.3) is 0 Å². The second-order valence-electron chi connectivity index (χ2n) is 4.99. The van der Waals surface area contributed by atoms with Crippen molar-refractivity contribution in [2.24, 2.45) is 0 Å². The molecule has 1 N–H and O–H groups in total. The third-order valence-electron chi connectivity index (χ3n) is 3.32. The molecule has 0 aromatic rings. The summed E-state index contributed by atoms with van der Waals surface area (Å²) in [7, 11) is 0. The summed E-state index contributed by atoms with van der Waals surface area (Å²) in [6, 6.07) is 0. The van der Waals surface area contributed by atoms with Crippen LogP contribution in [0.15, 0.2) is 23.3 Å². The average Bonchev–Trinajstić information content (AvgIpc) is 2.23. The lowest BCUT2D eigenvalue weighted by Gasteiger charge is -2.30. The van der Waals surface area contributed by atoms with Gasteiger partial charge < -0.3 is 5.11 Å². The molecule has 0 heterocycles. The fourth-order valence-corrected chi connectivity index (χ4v) is 2.60.